The van der Waals surface area contributed by atoms with Gasteiger partial charge in [-0.15, -0.1) is 0 Å². The Hall–Kier alpha value is -2.60. The molecule has 4 rings (SSSR count). The standard InChI is InChI=1S/C19H19ClN4O2/c1-19(2)7-13-15(14(25)8-19)16(10-3-5-11(20)6-4-10)24-18(23-13)12(9-22-24)17(21)26/h3-6,9,16,23H,7-8H2,1-2H3,(H2,21,26). The van der Waals surface area contributed by atoms with Crippen LogP contribution in [0.2, 0.25) is 5.02 Å². The van der Waals surface area contributed by atoms with E-state index in [4.69, 9.17) is 17.3 Å². The number of fused-ring (bicyclic) bond motifs is 1. The Morgan fingerprint density at radius 1 is 1.31 bits per heavy atom. The van der Waals surface area contributed by atoms with Crippen molar-refractivity contribution in [1.29, 1.82) is 0 Å². The van der Waals surface area contributed by atoms with Crippen LogP contribution in [0.4, 0.5) is 5.82 Å². The zero-order valence-electron chi connectivity index (χ0n) is 14.5. The minimum absolute atomic E-state index is 0.0884. The third-order valence-electron chi connectivity index (χ3n) is 4.95. The fourth-order valence-corrected chi connectivity index (χ4v) is 3.97. The molecular weight excluding hydrogens is 352 g/mol. The van der Waals surface area contributed by atoms with Crippen LogP contribution in [-0.2, 0) is 4.79 Å². The summed E-state index contributed by atoms with van der Waals surface area (Å²) in [4.78, 5) is 24.8. The number of carbonyl (C=O) groups is 2. The van der Waals surface area contributed by atoms with E-state index in [2.05, 4.69) is 24.3 Å². The number of hydrogen-bond acceptors (Lipinski definition) is 4. The number of carbonyl (C=O) groups excluding carboxylic acids is 2. The average Bonchev–Trinajstić information content (AvgIpc) is 2.96. The van der Waals surface area contributed by atoms with Crippen molar-refractivity contribution in [3.63, 3.8) is 0 Å². The summed E-state index contributed by atoms with van der Waals surface area (Å²) < 4.78 is 1.67. The van der Waals surface area contributed by atoms with Gasteiger partial charge in [0.25, 0.3) is 5.91 Å². The van der Waals surface area contributed by atoms with Gasteiger partial charge in [0.1, 0.15) is 17.4 Å². The van der Waals surface area contributed by atoms with E-state index in [0.29, 0.717) is 34.8 Å². The van der Waals surface area contributed by atoms with Crippen LogP contribution in [0.5, 0.6) is 0 Å². The Labute approximate surface area is 156 Å². The van der Waals surface area contributed by atoms with Crippen LogP contribution in [0.25, 0.3) is 0 Å². The van der Waals surface area contributed by atoms with E-state index in [9.17, 15) is 9.59 Å². The lowest BCUT2D eigenvalue weighted by molar-refractivity contribution is -0.118. The fraction of sp³-hybridized carbons (Fsp3) is 0.316. The predicted molar refractivity (Wildman–Crippen MR) is 99.0 cm³/mol. The van der Waals surface area contributed by atoms with Gasteiger partial charge in [0.05, 0.1) is 6.20 Å². The number of aromatic nitrogens is 2. The number of nitrogens with two attached hydrogens (primary N) is 1. The van der Waals surface area contributed by atoms with Crippen LogP contribution in [-0.4, -0.2) is 21.5 Å². The van der Waals surface area contributed by atoms with Gasteiger partial charge >= 0.3 is 0 Å². The fourth-order valence-electron chi connectivity index (χ4n) is 3.84. The number of rotatable bonds is 2. The largest absolute Gasteiger partial charge is 0.365 e. The number of hydrogen-bond donors (Lipinski definition) is 2. The maximum Gasteiger partial charge on any atom is 0.254 e. The number of allylic oxidation sites excluding steroid dienone is 2. The molecule has 0 saturated heterocycles. The number of primary amides is 1. The third-order valence-corrected chi connectivity index (χ3v) is 5.21. The summed E-state index contributed by atoms with van der Waals surface area (Å²) in [6.07, 6.45) is 2.63. The molecular formula is C19H19ClN4O2. The highest BCUT2D eigenvalue weighted by Gasteiger charge is 2.42. The van der Waals surface area contributed by atoms with Gasteiger partial charge < -0.3 is 11.1 Å². The SMILES string of the molecule is CC1(C)CC(=O)C2=C(C1)Nc1c(C(N)=O)cnn1C2c1ccc(Cl)cc1. The molecule has 2 aliphatic rings. The lowest BCUT2D eigenvalue weighted by atomic mass is 9.73. The van der Waals surface area contributed by atoms with Crippen molar-refractivity contribution in [1.82, 2.24) is 9.78 Å². The van der Waals surface area contributed by atoms with Gasteiger partial charge in [-0.25, -0.2) is 4.68 Å². The van der Waals surface area contributed by atoms with Gasteiger partial charge in [0.15, 0.2) is 5.78 Å². The van der Waals surface area contributed by atoms with Crippen molar-refractivity contribution in [2.24, 2.45) is 11.1 Å². The molecule has 1 aromatic heterocycles. The first-order valence-corrected chi connectivity index (χ1v) is 8.81. The number of amides is 1. The first-order chi connectivity index (χ1) is 12.3. The van der Waals surface area contributed by atoms with Crippen molar-refractivity contribution in [2.45, 2.75) is 32.7 Å². The summed E-state index contributed by atoms with van der Waals surface area (Å²) in [5.41, 5.74) is 8.08. The Bertz CT molecular complexity index is 956. The Kier molecular flexibility index (Phi) is 3.70. The molecule has 0 fully saturated rings. The maximum atomic E-state index is 13.0. The smallest absolute Gasteiger partial charge is 0.254 e. The second-order valence-electron chi connectivity index (χ2n) is 7.63. The summed E-state index contributed by atoms with van der Waals surface area (Å²) in [5, 5.41) is 8.23. The van der Waals surface area contributed by atoms with E-state index in [0.717, 1.165) is 11.3 Å². The lowest BCUT2D eigenvalue weighted by Gasteiger charge is -2.39. The third kappa shape index (κ3) is 2.61. The molecule has 1 amide bonds. The number of nitrogens with one attached hydrogen (secondary N) is 1. The predicted octanol–water partition coefficient (Wildman–Crippen LogP) is 3.29. The Balaban J connectivity index is 1.94. The molecule has 134 valence electrons. The van der Waals surface area contributed by atoms with E-state index < -0.39 is 11.9 Å². The summed E-state index contributed by atoms with van der Waals surface area (Å²) in [7, 11) is 0. The van der Waals surface area contributed by atoms with E-state index in [1.165, 1.54) is 6.20 Å². The van der Waals surface area contributed by atoms with Crippen LogP contribution in [0.15, 0.2) is 41.7 Å². The van der Waals surface area contributed by atoms with Crippen molar-refractivity contribution in [3.8, 4) is 0 Å². The summed E-state index contributed by atoms with van der Waals surface area (Å²) in [5.74, 6) is 0.0613. The number of halogens is 1. The van der Waals surface area contributed by atoms with Gasteiger partial charge in [-0.3, -0.25) is 9.59 Å². The quantitative estimate of drug-likeness (QED) is 0.848. The monoisotopic (exact) mass is 370 g/mol. The molecule has 1 atom stereocenters. The van der Waals surface area contributed by atoms with E-state index in [1.807, 2.05) is 12.1 Å². The average molecular weight is 371 g/mol. The van der Waals surface area contributed by atoms with Gasteiger partial charge in [-0.2, -0.15) is 5.10 Å². The van der Waals surface area contributed by atoms with Crippen LogP contribution in [0.1, 0.15) is 48.7 Å². The number of anilines is 1. The molecule has 26 heavy (non-hydrogen) atoms. The van der Waals surface area contributed by atoms with Gasteiger partial charge in [0.2, 0.25) is 0 Å². The van der Waals surface area contributed by atoms with Gasteiger partial charge in [0, 0.05) is 22.7 Å². The molecule has 2 heterocycles. The Morgan fingerprint density at radius 2 is 2.00 bits per heavy atom. The van der Waals surface area contributed by atoms with E-state index >= 15 is 0 Å². The first kappa shape index (κ1) is 16.8. The van der Waals surface area contributed by atoms with E-state index in [1.54, 1.807) is 16.8 Å². The molecule has 6 nitrogen and oxygen atoms in total. The van der Waals surface area contributed by atoms with Gasteiger partial charge in [-0.05, 0) is 29.5 Å². The summed E-state index contributed by atoms with van der Waals surface area (Å²) in [6, 6.07) is 6.93. The van der Waals surface area contributed by atoms with Gasteiger partial charge in [-0.1, -0.05) is 37.6 Å². The number of benzene rings is 1. The highest BCUT2D eigenvalue weighted by Crippen LogP contribution is 2.46. The molecule has 0 saturated carbocycles. The van der Waals surface area contributed by atoms with Crippen molar-refractivity contribution < 1.29 is 9.59 Å². The zero-order chi connectivity index (χ0) is 18.6. The number of nitrogens with zero attached hydrogens (tertiary/aromatic N) is 2. The minimum atomic E-state index is -0.556. The topological polar surface area (TPSA) is 90.0 Å². The van der Waals surface area contributed by atoms with Crippen LogP contribution in [0.3, 0.4) is 0 Å². The number of ketones is 1. The van der Waals surface area contributed by atoms with Crippen LogP contribution in [0, 0.1) is 5.41 Å². The molecule has 2 aromatic rings. The molecule has 1 aliphatic carbocycles. The van der Waals surface area contributed by atoms with Crippen molar-refractivity contribution in [3.05, 3.63) is 57.9 Å². The summed E-state index contributed by atoms with van der Waals surface area (Å²) >= 11 is 6.03. The zero-order valence-corrected chi connectivity index (χ0v) is 15.3. The molecule has 1 aromatic carbocycles. The van der Waals surface area contributed by atoms with Crippen LogP contribution < -0.4 is 11.1 Å². The molecule has 0 spiro atoms. The van der Waals surface area contributed by atoms with Crippen molar-refractivity contribution in [2.75, 3.05) is 5.32 Å². The summed E-state index contributed by atoms with van der Waals surface area (Å²) in [6.45, 7) is 4.13. The highest BCUT2D eigenvalue weighted by atomic mass is 35.5. The molecule has 1 unspecified atom stereocenters. The minimum Gasteiger partial charge on any atom is -0.365 e. The normalized spacial score (nSPS) is 21.0. The Morgan fingerprint density at radius 3 is 2.65 bits per heavy atom. The molecule has 0 bridgehead atoms. The number of Topliss-reactive ketones (excluding diaryl/α,β-unsaturated/α-hetero) is 1. The molecule has 1 aliphatic heterocycles. The highest BCUT2D eigenvalue weighted by molar-refractivity contribution is 6.30. The maximum absolute atomic E-state index is 13.0. The lowest BCUT2D eigenvalue weighted by Crippen LogP contribution is -2.37. The second-order valence-corrected chi connectivity index (χ2v) is 8.06. The molecule has 7 heteroatoms. The van der Waals surface area contributed by atoms with E-state index in [-0.39, 0.29) is 11.2 Å². The first-order valence-electron chi connectivity index (χ1n) is 8.43. The second kappa shape index (κ2) is 5.71. The van der Waals surface area contributed by atoms with Crippen LogP contribution >= 0.6 is 11.6 Å². The molecule has 0 radical (unpaired) electrons. The van der Waals surface area contributed by atoms with Crippen molar-refractivity contribution >= 4 is 29.1 Å². The molecule has 3 N–H and O–H groups in total.